The van der Waals surface area contributed by atoms with Crippen molar-refractivity contribution in [1.29, 1.82) is 0 Å². The Morgan fingerprint density at radius 2 is 2.24 bits per heavy atom. The first kappa shape index (κ1) is 14.2. The predicted octanol–water partition coefficient (Wildman–Crippen LogP) is 2.13. The molecule has 0 aromatic carbocycles. The Hall–Kier alpha value is -1.73. The highest BCUT2D eigenvalue weighted by Gasteiger charge is 2.21. The number of fused-ring (bicyclic) bond motifs is 1. The van der Waals surface area contributed by atoms with E-state index in [4.69, 9.17) is 0 Å². The molecular formula is C14H18N4O2S. The topological polar surface area (TPSA) is 87.7 Å². The maximum Gasteiger partial charge on any atom is 0.260 e. The molecule has 2 aromatic heterocycles. The zero-order valence-corrected chi connectivity index (χ0v) is 12.5. The molecule has 6 nitrogen and oxygen atoms in total. The lowest BCUT2D eigenvalue weighted by molar-refractivity contribution is 0.576. The fraction of sp³-hybridized carbons (Fsp3) is 0.429. The van der Waals surface area contributed by atoms with Crippen molar-refractivity contribution in [2.24, 2.45) is 0 Å². The van der Waals surface area contributed by atoms with Crippen LogP contribution in [-0.4, -0.2) is 30.1 Å². The standard InChI is InChI=1S/C14H18N4O2S/c19-21(20,16-10-8-11-5-2-1-3-6-11)14-12-7-4-9-15-13(12)17-18-14/h4-5,7,9,16H,1-3,6,8,10H2,(H,15,17,18). The molecule has 2 heterocycles. The summed E-state index contributed by atoms with van der Waals surface area (Å²) < 4.78 is 27.2. The van der Waals surface area contributed by atoms with Crippen molar-refractivity contribution < 1.29 is 8.42 Å². The molecule has 0 bridgehead atoms. The van der Waals surface area contributed by atoms with E-state index in [0.717, 1.165) is 19.3 Å². The summed E-state index contributed by atoms with van der Waals surface area (Å²) >= 11 is 0. The lowest BCUT2D eigenvalue weighted by Gasteiger charge is -2.12. The van der Waals surface area contributed by atoms with Crippen LogP contribution in [0, 0.1) is 0 Å². The average molecular weight is 306 g/mol. The average Bonchev–Trinajstić information content (AvgIpc) is 2.93. The number of nitrogens with one attached hydrogen (secondary N) is 2. The third-order valence-corrected chi connectivity index (χ3v) is 5.08. The lowest BCUT2D eigenvalue weighted by Crippen LogP contribution is -2.25. The third-order valence-electron chi connectivity index (χ3n) is 3.68. The largest absolute Gasteiger partial charge is 0.260 e. The molecule has 0 aliphatic heterocycles. The molecule has 112 valence electrons. The Labute approximate surface area is 123 Å². The Morgan fingerprint density at radius 3 is 3.05 bits per heavy atom. The molecule has 0 fully saturated rings. The SMILES string of the molecule is O=S(=O)(NCCC1=CCCCC1)c1n[nH]c2ncccc12. The highest BCUT2D eigenvalue weighted by Crippen LogP contribution is 2.20. The maximum atomic E-state index is 12.3. The van der Waals surface area contributed by atoms with Gasteiger partial charge in [0.15, 0.2) is 5.65 Å². The smallest absolute Gasteiger partial charge is 0.259 e. The molecule has 1 aliphatic carbocycles. The molecule has 0 saturated carbocycles. The fourth-order valence-corrected chi connectivity index (χ4v) is 3.71. The van der Waals surface area contributed by atoms with Crippen LogP contribution in [0.25, 0.3) is 11.0 Å². The summed E-state index contributed by atoms with van der Waals surface area (Å²) in [6.07, 6.45) is 9.22. The van der Waals surface area contributed by atoms with Gasteiger partial charge in [0.05, 0.1) is 5.39 Å². The minimum Gasteiger partial charge on any atom is -0.259 e. The molecule has 2 aromatic rings. The van der Waals surface area contributed by atoms with Gasteiger partial charge in [-0.2, -0.15) is 5.10 Å². The molecule has 0 radical (unpaired) electrons. The quantitative estimate of drug-likeness (QED) is 0.828. The van der Waals surface area contributed by atoms with Crippen LogP contribution in [0.15, 0.2) is 35.0 Å². The van der Waals surface area contributed by atoms with Gasteiger partial charge >= 0.3 is 0 Å². The number of sulfonamides is 1. The van der Waals surface area contributed by atoms with Gasteiger partial charge in [-0.1, -0.05) is 11.6 Å². The molecule has 0 spiro atoms. The summed E-state index contributed by atoms with van der Waals surface area (Å²) in [7, 11) is -3.60. The monoisotopic (exact) mass is 306 g/mol. The van der Waals surface area contributed by atoms with Gasteiger partial charge in [0.25, 0.3) is 10.0 Å². The van der Waals surface area contributed by atoms with Gasteiger partial charge in [0.2, 0.25) is 5.03 Å². The van der Waals surface area contributed by atoms with Crippen molar-refractivity contribution in [3.8, 4) is 0 Å². The van der Waals surface area contributed by atoms with Gasteiger partial charge in [-0.15, -0.1) is 0 Å². The number of aromatic amines is 1. The minimum atomic E-state index is -3.60. The number of pyridine rings is 1. The van der Waals surface area contributed by atoms with Crippen molar-refractivity contribution in [3.05, 3.63) is 30.0 Å². The van der Waals surface area contributed by atoms with E-state index in [1.54, 1.807) is 18.3 Å². The molecular weight excluding hydrogens is 288 g/mol. The number of aromatic nitrogens is 3. The van der Waals surface area contributed by atoms with Gasteiger partial charge < -0.3 is 0 Å². The van der Waals surface area contributed by atoms with Gasteiger partial charge in [-0.05, 0) is 44.2 Å². The number of H-pyrrole nitrogens is 1. The normalized spacial score (nSPS) is 16.1. The predicted molar refractivity (Wildman–Crippen MR) is 80.2 cm³/mol. The van der Waals surface area contributed by atoms with E-state index in [2.05, 4.69) is 26.0 Å². The Kier molecular flexibility index (Phi) is 4.03. The summed E-state index contributed by atoms with van der Waals surface area (Å²) in [5, 5.41) is 7.05. The van der Waals surface area contributed by atoms with E-state index in [-0.39, 0.29) is 5.03 Å². The number of hydrogen-bond donors (Lipinski definition) is 2. The summed E-state index contributed by atoms with van der Waals surface area (Å²) in [6, 6.07) is 3.40. The van der Waals surface area contributed by atoms with Crippen LogP contribution in [0.4, 0.5) is 0 Å². The molecule has 0 unspecified atom stereocenters. The van der Waals surface area contributed by atoms with Crippen LogP contribution in [-0.2, 0) is 10.0 Å². The van der Waals surface area contributed by atoms with E-state index in [0.29, 0.717) is 17.6 Å². The zero-order chi connectivity index (χ0) is 14.7. The fourth-order valence-electron chi connectivity index (χ4n) is 2.58. The van der Waals surface area contributed by atoms with Crippen LogP contribution in [0.2, 0.25) is 0 Å². The van der Waals surface area contributed by atoms with E-state index >= 15 is 0 Å². The number of hydrogen-bond acceptors (Lipinski definition) is 4. The second-order valence-electron chi connectivity index (χ2n) is 5.18. The minimum absolute atomic E-state index is 0.0169. The van der Waals surface area contributed by atoms with Crippen molar-refractivity contribution in [2.75, 3.05) is 6.54 Å². The van der Waals surface area contributed by atoms with Crippen molar-refractivity contribution >= 4 is 21.1 Å². The Balaban J connectivity index is 1.70. The highest BCUT2D eigenvalue weighted by atomic mass is 32.2. The van der Waals surface area contributed by atoms with Gasteiger partial charge in [0, 0.05) is 12.7 Å². The Morgan fingerprint density at radius 1 is 1.33 bits per heavy atom. The molecule has 0 saturated heterocycles. The van der Waals surface area contributed by atoms with E-state index < -0.39 is 10.0 Å². The van der Waals surface area contributed by atoms with Crippen molar-refractivity contribution in [3.63, 3.8) is 0 Å². The summed E-state index contributed by atoms with van der Waals surface area (Å²) in [5.41, 5.74) is 1.82. The van der Waals surface area contributed by atoms with Crippen LogP contribution >= 0.6 is 0 Å². The molecule has 21 heavy (non-hydrogen) atoms. The molecule has 2 N–H and O–H groups in total. The third kappa shape index (κ3) is 3.14. The van der Waals surface area contributed by atoms with Crippen LogP contribution in [0.5, 0.6) is 0 Å². The summed E-state index contributed by atoms with van der Waals surface area (Å²) in [5.74, 6) is 0. The van der Waals surface area contributed by atoms with Gasteiger partial charge in [-0.3, -0.25) is 5.10 Å². The molecule has 7 heteroatoms. The highest BCUT2D eigenvalue weighted by molar-refractivity contribution is 7.89. The second kappa shape index (κ2) is 5.95. The lowest BCUT2D eigenvalue weighted by atomic mass is 9.97. The molecule has 3 rings (SSSR count). The Bertz CT molecular complexity index is 764. The second-order valence-corrected chi connectivity index (χ2v) is 6.87. The first-order valence-corrected chi connectivity index (χ1v) is 8.62. The molecule has 0 amide bonds. The maximum absolute atomic E-state index is 12.3. The van der Waals surface area contributed by atoms with Gasteiger partial charge in [-0.25, -0.2) is 18.1 Å². The first-order valence-electron chi connectivity index (χ1n) is 7.13. The van der Waals surface area contributed by atoms with Crippen LogP contribution < -0.4 is 4.72 Å². The number of nitrogens with zero attached hydrogens (tertiary/aromatic N) is 2. The summed E-state index contributed by atoms with van der Waals surface area (Å²) in [4.78, 5) is 4.05. The van der Waals surface area contributed by atoms with Gasteiger partial charge in [0.1, 0.15) is 0 Å². The van der Waals surface area contributed by atoms with Crippen LogP contribution in [0.1, 0.15) is 32.1 Å². The van der Waals surface area contributed by atoms with E-state index in [9.17, 15) is 8.42 Å². The summed E-state index contributed by atoms with van der Waals surface area (Å²) in [6.45, 7) is 0.406. The van der Waals surface area contributed by atoms with Crippen LogP contribution in [0.3, 0.4) is 0 Å². The van der Waals surface area contributed by atoms with Crippen molar-refractivity contribution in [1.82, 2.24) is 19.9 Å². The number of rotatable bonds is 5. The number of allylic oxidation sites excluding steroid dienone is 1. The first-order chi connectivity index (χ1) is 10.2. The molecule has 1 aliphatic rings. The van der Waals surface area contributed by atoms with E-state index in [1.165, 1.54) is 18.4 Å². The molecule has 0 atom stereocenters. The van der Waals surface area contributed by atoms with E-state index in [1.807, 2.05) is 0 Å². The zero-order valence-electron chi connectivity index (χ0n) is 11.7. The van der Waals surface area contributed by atoms with Crippen molar-refractivity contribution in [2.45, 2.75) is 37.1 Å².